The fourth-order valence-corrected chi connectivity index (χ4v) is 5.72. The topological polar surface area (TPSA) is 84.1 Å². The van der Waals surface area contributed by atoms with Crippen molar-refractivity contribution < 1.29 is 18.7 Å². The Morgan fingerprint density at radius 3 is 2.81 bits per heavy atom. The quantitative estimate of drug-likeness (QED) is 0.458. The lowest BCUT2D eigenvalue weighted by Crippen LogP contribution is -2.48. The smallest absolute Gasteiger partial charge is 0.320 e. The maximum absolute atomic E-state index is 15.0. The number of fused-ring (bicyclic) bond motifs is 1. The van der Waals surface area contributed by atoms with Crippen LogP contribution >= 0.6 is 0 Å². The van der Waals surface area contributed by atoms with E-state index in [1.54, 1.807) is 16.0 Å². The summed E-state index contributed by atoms with van der Waals surface area (Å²) in [5.41, 5.74) is 5.09. The normalized spacial score (nSPS) is 18.1. The SMILES string of the molecule is O=C1CNC(c2cn3c4c(cc(F)cc24)CN(C(=O)N2CCOCC2)CC3)=C1c1cnc2ccccn12. The lowest BCUT2D eigenvalue weighted by molar-refractivity contribution is -0.112. The van der Waals surface area contributed by atoms with Gasteiger partial charge in [-0.1, -0.05) is 6.07 Å². The fourth-order valence-electron chi connectivity index (χ4n) is 5.72. The minimum absolute atomic E-state index is 0.0347. The number of morpholine rings is 1. The van der Waals surface area contributed by atoms with Crippen LogP contribution in [0, 0.1) is 5.82 Å². The summed E-state index contributed by atoms with van der Waals surface area (Å²) < 4.78 is 24.4. The van der Waals surface area contributed by atoms with Gasteiger partial charge in [-0.2, -0.15) is 0 Å². The fraction of sp³-hybridized carbons (Fsp3) is 0.296. The Bertz CT molecular complexity index is 1610. The number of nitrogens with zero attached hydrogens (tertiary/aromatic N) is 5. The number of aromatic nitrogens is 3. The van der Waals surface area contributed by atoms with Gasteiger partial charge in [0.2, 0.25) is 0 Å². The van der Waals surface area contributed by atoms with Crippen LogP contribution in [-0.2, 0) is 22.6 Å². The van der Waals surface area contributed by atoms with Gasteiger partial charge in [-0.25, -0.2) is 14.2 Å². The zero-order valence-electron chi connectivity index (χ0n) is 20.1. The van der Waals surface area contributed by atoms with E-state index in [9.17, 15) is 14.0 Å². The Kier molecular flexibility index (Phi) is 5.03. The van der Waals surface area contributed by atoms with Crippen molar-refractivity contribution in [2.75, 3.05) is 39.4 Å². The van der Waals surface area contributed by atoms with E-state index in [0.717, 1.165) is 27.7 Å². The van der Waals surface area contributed by atoms with Crippen molar-refractivity contribution in [1.29, 1.82) is 0 Å². The third-order valence-corrected chi connectivity index (χ3v) is 7.44. The number of benzene rings is 1. The van der Waals surface area contributed by atoms with Gasteiger partial charge in [0.05, 0.1) is 48.4 Å². The Labute approximate surface area is 211 Å². The molecule has 1 fully saturated rings. The molecule has 3 aliphatic rings. The van der Waals surface area contributed by atoms with Gasteiger partial charge < -0.3 is 24.4 Å². The van der Waals surface area contributed by atoms with Crippen molar-refractivity contribution in [3.8, 4) is 0 Å². The third kappa shape index (κ3) is 3.51. The summed E-state index contributed by atoms with van der Waals surface area (Å²) in [6, 6.07) is 8.68. The van der Waals surface area contributed by atoms with Gasteiger partial charge in [0, 0.05) is 56.1 Å². The number of hydrogen-bond donors (Lipinski definition) is 1. The van der Waals surface area contributed by atoms with E-state index in [-0.39, 0.29) is 24.2 Å². The molecule has 1 aromatic carbocycles. The first-order valence-corrected chi connectivity index (χ1v) is 12.5. The van der Waals surface area contributed by atoms with Crippen LogP contribution in [-0.4, -0.2) is 75.0 Å². The van der Waals surface area contributed by atoms with Crippen LogP contribution in [0.3, 0.4) is 0 Å². The molecule has 0 unspecified atom stereocenters. The molecule has 0 atom stereocenters. The third-order valence-electron chi connectivity index (χ3n) is 7.44. The average molecular weight is 501 g/mol. The highest BCUT2D eigenvalue weighted by Gasteiger charge is 2.32. The van der Waals surface area contributed by atoms with Crippen LogP contribution in [0.25, 0.3) is 27.8 Å². The number of halogens is 1. The number of nitrogens with one attached hydrogen (secondary N) is 1. The number of pyridine rings is 1. The minimum Gasteiger partial charge on any atom is -0.378 e. The Morgan fingerprint density at radius 2 is 1.95 bits per heavy atom. The first-order chi connectivity index (χ1) is 18.1. The molecule has 3 aliphatic heterocycles. The van der Waals surface area contributed by atoms with Crippen molar-refractivity contribution in [3.05, 3.63) is 71.6 Å². The molecule has 0 spiro atoms. The summed E-state index contributed by atoms with van der Waals surface area (Å²) in [5.74, 6) is -0.406. The molecule has 3 aromatic heterocycles. The lowest BCUT2D eigenvalue weighted by atomic mass is 10.0. The van der Waals surface area contributed by atoms with Crippen molar-refractivity contribution in [2.24, 2.45) is 0 Å². The number of Topliss-reactive ketones (excluding diaryl/α,β-unsaturated/α-hetero) is 1. The number of carbonyl (C=O) groups is 2. The highest BCUT2D eigenvalue weighted by atomic mass is 19.1. The monoisotopic (exact) mass is 500 g/mol. The number of ketones is 1. The van der Waals surface area contributed by atoms with E-state index in [1.165, 1.54) is 12.1 Å². The number of ether oxygens (including phenoxy) is 1. The summed E-state index contributed by atoms with van der Waals surface area (Å²) in [7, 11) is 0. The molecule has 7 rings (SSSR count). The molecule has 2 amide bonds. The molecule has 1 N–H and O–H groups in total. The second kappa shape index (κ2) is 8.45. The number of carbonyl (C=O) groups excluding carboxylic acids is 2. The molecule has 0 aliphatic carbocycles. The van der Waals surface area contributed by atoms with Gasteiger partial charge in [0.25, 0.3) is 0 Å². The van der Waals surface area contributed by atoms with Gasteiger partial charge in [-0.3, -0.25) is 9.20 Å². The van der Waals surface area contributed by atoms with Crippen molar-refractivity contribution >= 4 is 39.6 Å². The molecular formula is C27H25FN6O3. The summed E-state index contributed by atoms with van der Waals surface area (Å²) >= 11 is 0. The van der Waals surface area contributed by atoms with Gasteiger partial charge in [-0.15, -0.1) is 0 Å². The van der Waals surface area contributed by atoms with Gasteiger partial charge >= 0.3 is 6.03 Å². The van der Waals surface area contributed by atoms with Crippen LogP contribution in [0.2, 0.25) is 0 Å². The molecule has 4 aromatic rings. The molecular weight excluding hydrogens is 475 g/mol. The maximum Gasteiger partial charge on any atom is 0.320 e. The molecule has 0 bridgehead atoms. The van der Waals surface area contributed by atoms with Crippen LogP contribution in [0.1, 0.15) is 16.8 Å². The number of hydrogen-bond acceptors (Lipinski definition) is 5. The van der Waals surface area contributed by atoms with Crippen LogP contribution in [0.5, 0.6) is 0 Å². The van der Waals surface area contributed by atoms with Gasteiger partial charge in [0.1, 0.15) is 11.5 Å². The predicted octanol–water partition coefficient (Wildman–Crippen LogP) is 2.74. The van der Waals surface area contributed by atoms with Crippen molar-refractivity contribution in [3.63, 3.8) is 0 Å². The van der Waals surface area contributed by atoms with E-state index in [4.69, 9.17) is 4.74 Å². The molecule has 0 radical (unpaired) electrons. The summed E-state index contributed by atoms with van der Waals surface area (Å²) in [6.07, 6.45) is 5.56. The van der Waals surface area contributed by atoms with E-state index in [1.807, 2.05) is 35.0 Å². The van der Waals surface area contributed by atoms with E-state index in [2.05, 4.69) is 14.9 Å². The molecule has 9 nitrogen and oxygen atoms in total. The average Bonchev–Trinajstić information content (AvgIpc) is 3.57. The number of imidazole rings is 1. The first kappa shape index (κ1) is 22.1. The predicted molar refractivity (Wildman–Crippen MR) is 135 cm³/mol. The summed E-state index contributed by atoms with van der Waals surface area (Å²) in [4.78, 5) is 34.3. The standard InChI is InChI=1S/C27H25FN6O3/c28-18-11-17-15-33(27(36)31-7-9-37-10-8-31)6-5-32-16-20(19(12-18)26(17)32)25-24(22(35)14-30-25)21-13-29-23-3-1-2-4-34(21)23/h1-4,11-13,16,30H,5-10,14-15H2. The van der Waals surface area contributed by atoms with E-state index in [0.29, 0.717) is 62.9 Å². The maximum atomic E-state index is 15.0. The van der Waals surface area contributed by atoms with E-state index < -0.39 is 0 Å². The Morgan fingerprint density at radius 1 is 1.08 bits per heavy atom. The second-order valence-corrected chi connectivity index (χ2v) is 9.60. The van der Waals surface area contributed by atoms with Crippen molar-refractivity contribution in [1.82, 2.24) is 29.1 Å². The van der Waals surface area contributed by atoms with Gasteiger partial charge in [0.15, 0.2) is 5.78 Å². The first-order valence-electron chi connectivity index (χ1n) is 12.5. The largest absolute Gasteiger partial charge is 0.378 e. The highest BCUT2D eigenvalue weighted by Crippen LogP contribution is 2.37. The Hall–Kier alpha value is -4.18. The zero-order chi connectivity index (χ0) is 25.1. The summed E-state index contributed by atoms with van der Waals surface area (Å²) in [6.45, 7) is 3.74. The number of rotatable bonds is 2. The molecule has 6 heterocycles. The summed E-state index contributed by atoms with van der Waals surface area (Å²) in [5, 5.41) is 3.99. The molecule has 1 saturated heterocycles. The minimum atomic E-state index is -0.372. The molecule has 188 valence electrons. The van der Waals surface area contributed by atoms with Gasteiger partial charge in [-0.05, 0) is 29.8 Å². The Balaban J connectivity index is 1.34. The molecule has 37 heavy (non-hydrogen) atoms. The van der Waals surface area contributed by atoms with E-state index >= 15 is 0 Å². The lowest BCUT2D eigenvalue weighted by Gasteiger charge is -2.32. The highest BCUT2D eigenvalue weighted by molar-refractivity contribution is 6.32. The molecule has 10 heteroatoms. The molecule has 0 saturated carbocycles. The van der Waals surface area contributed by atoms with Crippen LogP contribution in [0.4, 0.5) is 9.18 Å². The number of urea groups is 1. The van der Waals surface area contributed by atoms with Crippen LogP contribution < -0.4 is 5.32 Å². The van der Waals surface area contributed by atoms with Crippen LogP contribution in [0.15, 0.2) is 48.9 Å². The zero-order valence-corrected chi connectivity index (χ0v) is 20.1. The number of amides is 2. The van der Waals surface area contributed by atoms with Crippen molar-refractivity contribution in [2.45, 2.75) is 13.1 Å². The second-order valence-electron chi connectivity index (χ2n) is 9.60.